The molecule has 1 atom stereocenters. The molecule has 2 aliphatic rings. The van der Waals surface area contributed by atoms with Gasteiger partial charge in [-0.1, -0.05) is 0 Å². The van der Waals surface area contributed by atoms with Crippen molar-refractivity contribution in [2.75, 3.05) is 0 Å². The first-order valence-corrected chi connectivity index (χ1v) is 7.65. The van der Waals surface area contributed by atoms with Gasteiger partial charge >= 0.3 is 0 Å². The molecule has 4 nitrogen and oxygen atoms in total. The second kappa shape index (κ2) is 4.65. The third-order valence-corrected chi connectivity index (χ3v) is 4.91. The second-order valence-corrected chi connectivity index (χ2v) is 6.61. The first kappa shape index (κ1) is 14.2. The molecule has 2 N–H and O–H groups in total. The van der Waals surface area contributed by atoms with Crippen molar-refractivity contribution >= 4 is 5.91 Å². The van der Waals surface area contributed by atoms with E-state index in [1.807, 2.05) is 27.7 Å². The third-order valence-electron chi connectivity index (χ3n) is 4.91. The molecule has 21 heavy (non-hydrogen) atoms. The number of amides is 1. The molecule has 1 aromatic carbocycles. The zero-order chi connectivity index (χ0) is 15.4. The van der Waals surface area contributed by atoms with Gasteiger partial charge in [0.05, 0.1) is 0 Å². The number of benzene rings is 1. The highest BCUT2D eigenvalue weighted by molar-refractivity contribution is 5.86. The van der Waals surface area contributed by atoms with Crippen LogP contribution < -0.4 is 10.1 Å². The molecule has 1 unspecified atom stereocenters. The maximum atomic E-state index is 12.4. The Balaban J connectivity index is 1.96. The molecule has 1 heterocycles. The molecule has 114 valence electrons. The Morgan fingerprint density at radius 3 is 2.52 bits per heavy atom. The summed E-state index contributed by atoms with van der Waals surface area (Å²) in [6.07, 6.45) is 3.54. The van der Waals surface area contributed by atoms with E-state index in [0.29, 0.717) is 18.2 Å². The maximum Gasteiger partial charge on any atom is 0.264 e. The zero-order valence-electron chi connectivity index (χ0n) is 13.2. The van der Waals surface area contributed by atoms with Crippen LogP contribution in [0.25, 0.3) is 0 Å². The van der Waals surface area contributed by atoms with Crippen molar-refractivity contribution in [3.63, 3.8) is 0 Å². The van der Waals surface area contributed by atoms with Gasteiger partial charge in [-0.25, -0.2) is 0 Å². The van der Waals surface area contributed by atoms with Crippen LogP contribution in [-0.2, 0) is 11.2 Å². The molecule has 1 aliphatic heterocycles. The van der Waals surface area contributed by atoms with E-state index in [2.05, 4.69) is 5.32 Å². The molecule has 0 bridgehead atoms. The number of rotatable bonds is 2. The Kier molecular flexibility index (Phi) is 3.15. The lowest BCUT2D eigenvalue weighted by atomic mass is 9.86. The average molecular weight is 289 g/mol. The van der Waals surface area contributed by atoms with Crippen molar-refractivity contribution < 1.29 is 14.6 Å². The van der Waals surface area contributed by atoms with Gasteiger partial charge in [-0.3, -0.25) is 4.79 Å². The SMILES string of the molecule is Cc1c(C)c2c(c(C)c1O)CCC(C)(C(=O)NC1CC1)O2. The summed E-state index contributed by atoms with van der Waals surface area (Å²) in [7, 11) is 0. The molecule has 4 heteroatoms. The lowest BCUT2D eigenvalue weighted by Crippen LogP contribution is -2.51. The number of aromatic hydroxyl groups is 1. The van der Waals surface area contributed by atoms with E-state index in [1.165, 1.54) is 0 Å². The van der Waals surface area contributed by atoms with E-state index in [-0.39, 0.29) is 5.91 Å². The van der Waals surface area contributed by atoms with Gasteiger partial charge in [-0.05, 0) is 63.6 Å². The Morgan fingerprint density at radius 1 is 1.24 bits per heavy atom. The van der Waals surface area contributed by atoms with Crippen molar-refractivity contribution in [3.05, 3.63) is 22.3 Å². The lowest BCUT2D eigenvalue weighted by molar-refractivity contribution is -0.137. The molecular formula is C17H23NO3. The Labute approximate surface area is 125 Å². The Hall–Kier alpha value is -1.71. The topological polar surface area (TPSA) is 58.6 Å². The quantitative estimate of drug-likeness (QED) is 0.880. The molecule has 0 spiro atoms. The standard InChI is InChI=1S/C17H23NO3/c1-9-10(2)15-13(11(3)14(9)19)7-8-17(4,21-15)16(20)18-12-5-6-12/h12,19H,5-8H2,1-4H3,(H,18,20). The second-order valence-electron chi connectivity index (χ2n) is 6.61. The van der Waals surface area contributed by atoms with Crippen LogP contribution in [0.3, 0.4) is 0 Å². The molecular weight excluding hydrogens is 266 g/mol. The monoisotopic (exact) mass is 289 g/mol. The highest BCUT2D eigenvalue weighted by atomic mass is 16.5. The molecule has 1 amide bonds. The highest BCUT2D eigenvalue weighted by Gasteiger charge is 2.42. The van der Waals surface area contributed by atoms with Crippen LogP contribution in [0.15, 0.2) is 0 Å². The minimum absolute atomic E-state index is 0.0153. The number of phenols is 1. The normalized spacial score (nSPS) is 24.2. The van der Waals surface area contributed by atoms with Crippen molar-refractivity contribution in [2.24, 2.45) is 0 Å². The summed E-state index contributed by atoms with van der Waals surface area (Å²) in [4.78, 5) is 12.4. The third kappa shape index (κ3) is 2.27. The van der Waals surface area contributed by atoms with Crippen LogP contribution in [0.4, 0.5) is 0 Å². The maximum absolute atomic E-state index is 12.4. The minimum Gasteiger partial charge on any atom is -0.507 e. The number of nitrogens with one attached hydrogen (secondary N) is 1. The summed E-state index contributed by atoms with van der Waals surface area (Å²) < 4.78 is 6.13. The molecule has 1 aliphatic carbocycles. The minimum atomic E-state index is -0.809. The Bertz CT molecular complexity index is 619. The number of carbonyl (C=O) groups is 1. The van der Waals surface area contributed by atoms with Gasteiger partial charge in [0.1, 0.15) is 11.5 Å². The number of fused-ring (bicyclic) bond motifs is 1. The van der Waals surface area contributed by atoms with Gasteiger partial charge in [-0.15, -0.1) is 0 Å². The fraction of sp³-hybridized carbons (Fsp3) is 0.588. The van der Waals surface area contributed by atoms with Gasteiger partial charge in [0, 0.05) is 18.0 Å². The summed E-state index contributed by atoms with van der Waals surface area (Å²) in [5, 5.41) is 13.2. The van der Waals surface area contributed by atoms with Crippen LogP contribution >= 0.6 is 0 Å². The number of carbonyl (C=O) groups excluding carboxylic acids is 1. The molecule has 1 aromatic rings. The van der Waals surface area contributed by atoms with E-state index in [0.717, 1.165) is 47.3 Å². The summed E-state index contributed by atoms with van der Waals surface area (Å²) >= 11 is 0. The van der Waals surface area contributed by atoms with Crippen LogP contribution in [0, 0.1) is 20.8 Å². The largest absolute Gasteiger partial charge is 0.507 e. The van der Waals surface area contributed by atoms with E-state index < -0.39 is 5.60 Å². The van der Waals surface area contributed by atoms with Crippen LogP contribution in [0.5, 0.6) is 11.5 Å². The van der Waals surface area contributed by atoms with Gasteiger partial charge in [0.2, 0.25) is 0 Å². The number of hydrogen-bond donors (Lipinski definition) is 2. The summed E-state index contributed by atoms with van der Waals surface area (Å²) in [6.45, 7) is 7.61. The lowest BCUT2D eigenvalue weighted by Gasteiger charge is -2.36. The first-order chi connectivity index (χ1) is 9.83. The van der Waals surface area contributed by atoms with Crippen molar-refractivity contribution in [1.29, 1.82) is 0 Å². The van der Waals surface area contributed by atoms with Gasteiger partial charge in [0.15, 0.2) is 5.60 Å². The number of ether oxygens (including phenoxy) is 1. The summed E-state index contributed by atoms with van der Waals surface area (Å²) in [5.41, 5.74) is 2.86. The van der Waals surface area contributed by atoms with Crippen molar-refractivity contribution in [3.8, 4) is 11.5 Å². The van der Waals surface area contributed by atoms with Crippen LogP contribution in [0.1, 0.15) is 48.4 Å². The predicted octanol–water partition coefficient (Wildman–Crippen LogP) is 2.68. The predicted molar refractivity (Wildman–Crippen MR) is 80.8 cm³/mol. The molecule has 0 radical (unpaired) electrons. The number of phenolic OH excluding ortho intramolecular Hbond substituents is 1. The molecule has 1 fully saturated rings. The van der Waals surface area contributed by atoms with Crippen molar-refractivity contribution in [1.82, 2.24) is 5.32 Å². The van der Waals surface area contributed by atoms with Crippen LogP contribution in [-0.4, -0.2) is 22.7 Å². The molecule has 1 saturated carbocycles. The molecule has 0 saturated heterocycles. The Morgan fingerprint density at radius 2 is 1.90 bits per heavy atom. The fourth-order valence-corrected chi connectivity index (χ4v) is 2.97. The van der Waals surface area contributed by atoms with E-state index in [9.17, 15) is 9.90 Å². The van der Waals surface area contributed by atoms with E-state index >= 15 is 0 Å². The molecule has 3 rings (SSSR count). The summed E-state index contributed by atoms with van der Waals surface area (Å²) in [5.74, 6) is 1.11. The van der Waals surface area contributed by atoms with Gasteiger partial charge in [0.25, 0.3) is 5.91 Å². The van der Waals surface area contributed by atoms with Gasteiger partial charge in [-0.2, -0.15) is 0 Å². The van der Waals surface area contributed by atoms with E-state index in [4.69, 9.17) is 4.74 Å². The zero-order valence-corrected chi connectivity index (χ0v) is 13.2. The number of hydrogen-bond acceptors (Lipinski definition) is 3. The van der Waals surface area contributed by atoms with E-state index in [1.54, 1.807) is 0 Å². The van der Waals surface area contributed by atoms with Crippen molar-refractivity contribution in [2.45, 2.75) is 65.0 Å². The van der Waals surface area contributed by atoms with Gasteiger partial charge < -0.3 is 15.2 Å². The fourth-order valence-electron chi connectivity index (χ4n) is 2.97. The highest BCUT2D eigenvalue weighted by Crippen LogP contribution is 2.43. The smallest absolute Gasteiger partial charge is 0.264 e. The first-order valence-electron chi connectivity index (χ1n) is 7.65. The average Bonchev–Trinajstić information content (AvgIpc) is 3.26. The summed E-state index contributed by atoms with van der Waals surface area (Å²) in [6, 6.07) is 0.337. The molecule has 0 aromatic heterocycles. The van der Waals surface area contributed by atoms with Crippen LogP contribution in [0.2, 0.25) is 0 Å².